The molecule has 2 heterocycles. The number of amides is 2. The molecule has 6 nitrogen and oxygen atoms in total. The Morgan fingerprint density at radius 1 is 1.06 bits per heavy atom. The molecule has 4 rings (SSSR count). The van der Waals surface area contributed by atoms with E-state index in [1.54, 1.807) is 4.90 Å². The van der Waals surface area contributed by atoms with Gasteiger partial charge in [-0.15, -0.1) is 0 Å². The summed E-state index contributed by atoms with van der Waals surface area (Å²) in [5.74, 6) is -0.0928. The van der Waals surface area contributed by atoms with E-state index >= 15 is 0 Å². The lowest BCUT2D eigenvalue weighted by Crippen LogP contribution is -2.58. The van der Waals surface area contributed by atoms with E-state index in [9.17, 15) is 9.59 Å². The van der Waals surface area contributed by atoms with Gasteiger partial charge >= 0.3 is 0 Å². The Morgan fingerprint density at radius 3 is 2.36 bits per heavy atom. The van der Waals surface area contributed by atoms with Gasteiger partial charge in [-0.25, -0.2) is 0 Å². The first-order valence-electron chi connectivity index (χ1n) is 11.6. The Kier molecular flexibility index (Phi) is 6.63. The van der Waals surface area contributed by atoms with Crippen molar-refractivity contribution in [3.05, 3.63) is 77.1 Å². The van der Waals surface area contributed by atoms with Gasteiger partial charge < -0.3 is 10.2 Å². The number of aryl methyl sites for hydroxylation is 1. The largest absolute Gasteiger partial charge is 0.353 e. The molecule has 172 valence electrons. The predicted molar refractivity (Wildman–Crippen MR) is 130 cm³/mol. The average molecular weight is 445 g/mol. The molecule has 0 saturated carbocycles. The van der Waals surface area contributed by atoms with Crippen molar-refractivity contribution < 1.29 is 9.59 Å². The number of nitrogens with zero attached hydrogens (tertiary/aromatic N) is 3. The molecule has 2 amide bonds. The van der Waals surface area contributed by atoms with E-state index in [4.69, 9.17) is 0 Å². The predicted octanol–water partition coefficient (Wildman–Crippen LogP) is 4.00. The second-order valence-corrected chi connectivity index (χ2v) is 8.95. The van der Waals surface area contributed by atoms with Gasteiger partial charge in [-0.3, -0.25) is 14.3 Å². The molecule has 1 aliphatic rings. The van der Waals surface area contributed by atoms with Crippen LogP contribution in [0, 0.1) is 20.8 Å². The van der Waals surface area contributed by atoms with Crippen molar-refractivity contribution in [2.45, 2.75) is 52.6 Å². The summed E-state index contributed by atoms with van der Waals surface area (Å²) in [6, 6.07) is 17.9. The summed E-state index contributed by atoms with van der Waals surface area (Å²) in [6.45, 7) is 9.10. The summed E-state index contributed by atoms with van der Waals surface area (Å²) >= 11 is 0. The minimum Gasteiger partial charge on any atom is -0.353 e. The monoisotopic (exact) mass is 444 g/mol. The minimum absolute atomic E-state index is 0.00605. The molecule has 1 aromatic heterocycles. The maximum absolute atomic E-state index is 13.3. The van der Waals surface area contributed by atoms with Crippen LogP contribution in [0.4, 0.5) is 0 Å². The summed E-state index contributed by atoms with van der Waals surface area (Å²) in [5, 5.41) is 7.54. The number of nitrogens with one attached hydrogen (secondary N) is 1. The van der Waals surface area contributed by atoms with Crippen LogP contribution in [-0.4, -0.2) is 45.6 Å². The third-order valence-corrected chi connectivity index (χ3v) is 6.72. The Balaban J connectivity index is 1.47. The van der Waals surface area contributed by atoms with E-state index in [0.717, 1.165) is 33.6 Å². The molecule has 0 aliphatic carbocycles. The summed E-state index contributed by atoms with van der Waals surface area (Å²) in [7, 11) is 0. The van der Waals surface area contributed by atoms with Gasteiger partial charge in [0, 0.05) is 31.6 Å². The first kappa shape index (κ1) is 22.8. The molecule has 0 unspecified atom stereocenters. The van der Waals surface area contributed by atoms with Crippen LogP contribution >= 0.6 is 0 Å². The molecule has 2 atom stereocenters. The lowest BCUT2D eigenvalue weighted by atomic mass is 9.98. The summed E-state index contributed by atoms with van der Waals surface area (Å²) in [5.41, 5.74) is 6.56. The van der Waals surface area contributed by atoms with Crippen LogP contribution in [0.2, 0.25) is 0 Å². The first-order valence-corrected chi connectivity index (χ1v) is 11.6. The van der Waals surface area contributed by atoms with E-state index < -0.39 is 6.04 Å². The van der Waals surface area contributed by atoms with Crippen molar-refractivity contribution in [3.8, 4) is 11.1 Å². The zero-order valence-corrected chi connectivity index (χ0v) is 19.8. The van der Waals surface area contributed by atoms with Crippen molar-refractivity contribution in [1.82, 2.24) is 20.0 Å². The van der Waals surface area contributed by atoms with Crippen LogP contribution < -0.4 is 5.32 Å². The quantitative estimate of drug-likeness (QED) is 0.625. The molecule has 0 radical (unpaired) electrons. The van der Waals surface area contributed by atoms with Crippen LogP contribution in [-0.2, 0) is 16.0 Å². The standard InChI is InChI=1S/C27H32N4O2/c1-18(31-21(4)19(2)20(3)29-31)16-26(32)30-15-14-28-27(33)25(30)17-22-10-12-24(13-11-22)23-8-6-5-7-9-23/h5-13,18,25H,14-17H2,1-4H3,(H,28,33)/t18-,25-/m1/s1. The summed E-state index contributed by atoms with van der Waals surface area (Å²) in [4.78, 5) is 27.8. The van der Waals surface area contributed by atoms with Crippen molar-refractivity contribution in [2.24, 2.45) is 0 Å². The molecule has 2 aromatic carbocycles. The highest BCUT2D eigenvalue weighted by atomic mass is 16.2. The maximum Gasteiger partial charge on any atom is 0.243 e. The number of carbonyl (C=O) groups is 2. The first-order chi connectivity index (χ1) is 15.8. The van der Waals surface area contributed by atoms with Gasteiger partial charge in [0.2, 0.25) is 11.8 Å². The van der Waals surface area contributed by atoms with Crippen molar-refractivity contribution in [2.75, 3.05) is 13.1 Å². The highest BCUT2D eigenvalue weighted by molar-refractivity contribution is 5.89. The smallest absolute Gasteiger partial charge is 0.243 e. The Morgan fingerprint density at radius 2 is 1.73 bits per heavy atom. The van der Waals surface area contributed by atoms with E-state index in [-0.39, 0.29) is 17.9 Å². The number of hydrogen-bond donors (Lipinski definition) is 1. The maximum atomic E-state index is 13.3. The van der Waals surface area contributed by atoms with E-state index in [1.807, 2.05) is 55.8 Å². The highest BCUT2D eigenvalue weighted by Crippen LogP contribution is 2.23. The molecule has 33 heavy (non-hydrogen) atoms. The fourth-order valence-corrected chi connectivity index (χ4v) is 4.53. The lowest BCUT2D eigenvalue weighted by molar-refractivity contribution is -0.143. The van der Waals surface area contributed by atoms with E-state index in [1.165, 1.54) is 0 Å². The fraction of sp³-hybridized carbons (Fsp3) is 0.370. The Labute approximate surface area is 195 Å². The summed E-state index contributed by atoms with van der Waals surface area (Å²) in [6.07, 6.45) is 0.818. The molecular formula is C27H32N4O2. The zero-order chi connectivity index (χ0) is 23.5. The average Bonchev–Trinajstić information content (AvgIpc) is 3.08. The molecule has 1 saturated heterocycles. The third kappa shape index (κ3) is 4.85. The number of benzene rings is 2. The van der Waals surface area contributed by atoms with Gasteiger partial charge in [-0.05, 0) is 49.9 Å². The van der Waals surface area contributed by atoms with Gasteiger partial charge in [0.1, 0.15) is 6.04 Å². The van der Waals surface area contributed by atoms with Crippen LogP contribution in [0.5, 0.6) is 0 Å². The van der Waals surface area contributed by atoms with Crippen LogP contribution in [0.15, 0.2) is 54.6 Å². The molecule has 1 aliphatic heterocycles. The number of rotatable bonds is 6. The Hall–Kier alpha value is -3.41. The topological polar surface area (TPSA) is 67.2 Å². The molecular weight excluding hydrogens is 412 g/mol. The third-order valence-electron chi connectivity index (χ3n) is 6.72. The van der Waals surface area contributed by atoms with Gasteiger partial charge in [0.15, 0.2) is 0 Å². The fourth-order valence-electron chi connectivity index (χ4n) is 4.53. The minimum atomic E-state index is -0.497. The molecule has 0 bridgehead atoms. The van der Waals surface area contributed by atoms with Gasteiger partial charge in [0.05, 0.1) is 11.7 Å². The molecule has 3 aromatic rings. The highest BCUT2D eigenvalue weighted by Gasteiger charge is 2.34. The van der Waals surface area contributed by atoms with Crippen LogP contribution in [0.3, 0.4) is 0 Å². The van der Waals surface area contributed by atoms with Gasteiger partial charge in [-0.2, -0.15) is 5.10 Å². The SMILES string of the molecule is Cc1nn([C@H](C)CC(=O)N2CCNC(=O)[C@H]2Cc2ccc(-c3ccccc3)cc2)c(C)c1C. The number of carbonyl (C=O) groups excluding carboxylic acids is 2. The second kappa shape index (κ2) is 9.61. The van der Waals surface area contributed by atoms with Crippen molar-refractivity contribution >= 4 is 11.8 Å². The van der Waals surface area contributed by atoms with E-state index in [2.05, 4.69) is 41.6 Å². The van der Waals surface area contributed by atoms with Gasteiger partial charge in [-0.1, -0.05) is 54.6 Å². The number of hydrogen-bond acceptors (Lipinski definition) is 3. The number of aromatic nitrogens is 2. The normalized spacial score (nSPS) is 17.0. The van der Waals surface area contributed by atoms with Crippen LogP contribution in [0.25, 0.3) is 11.1 Å². The van der Waals surface area contributed by atoms with E-state index in [0.29, 0.717) is 25.9 Å². The van der Waals surface area contributed by atoms with Crippen LogP contribution in [0.1, 0.15) is 41.9 Å². The molecule has 6 heteroatoms. The Bertz CT molecular complexity index is 1130. The second-order valence-electron chi connectivity index (χ2n) is 8.95. The zero-order valence-electron chi connectivity index (χ0n) is 19.8. The molecule has 1 fully saturated rings. The molecule has 1 N–H and O–H groups in total. The van der Waals surface area contributed by atoms with Crippen molar-refractivity contribution in [1.29, 1.82) is 0 Å². The molecule has 0 spiro atoms. The van der Waals surface area contributed by atoms with Crippen molar-refractivity contribution in [3.63, 3.8) is 0 Å². The lowest BCUT2D eigenvalue weighted by Gasteiger charge is -2.36. The number of piperazine rings is 1. The summed E-state index contributed by atoms with van der Waals surface area (Å²) < 4.78 is 1.93. The van der Waals surface area contributed by atoms with Gasteiger partial charge in [0.25, 0.3) is 0 Å².